The summed E-state index contributed by atoms with van der Waals surface area (Å²) in [5.41, 5.74) is 0. The van der Waals surface area contributed by atoms with Gasteiger partial charge in [0.15, 0.2) is 6.29 Å². The van der Waals surface area contributed by atoms with Gasteiger partial charge in [-0.3, -0.25) is 4.79 Å². The van der Waals surface area contributed by atoms with Crippen molar-refractivity contribution in [1.29, 1.82) is 0 Å². The maximum atomic E-state index is 12.0. The van der Waals surface area contributed by atoms with Crippen molar-refractivity contribution in [3.8, 4) is 0 Å². The Bertz CT molecular complexity index is 1520. The highest BCUT2D eigenvalue weighted by Gasteiger charge is 2.56. The maximum absolute atomic E-state index is 12.0. The molecule has 0 aromatic heterocycles. The molecule has 0 N–H and O–H groups in total. The molecule has 1 saturated carbocycles. The molecular weight excluding hydrogens is 717 g/mol. The van der Waals surface area contributed by atoms with Crippen LogP contribution in [-0.2, 0) is 23.4 Å². The third-order valence-electron chi connectivity index (χ3n) is 10.7. The predicted molar refractivity (Wildman–Crippen MR) is 234 cm³/mol. The fraction of sp³-hybridized carbons (Fsp3) is 0.521. The Morgan fingerprint density at radius 1 is 0.800 bits per heavy atom. The first kappa shape index (κ1) is 44.8. The number of rotatable bonds is 23. The minimum Gasteiger partial charge on any atom is -0.466 e. The van der Waals surface area contributed by atoms with Crippen molar-refractivity contribution in [3.63, 3.8) is 0 Å². The Morgan fingerprint density at radius 2 is 1.42 bits per heavy atom. The summed E-state index contributed by atoms with van der Waals surface area (Å²) in [4.78, 5) is 13.3. The molecule has 7 heteroatoms. The maximum Gasteiger partial charge on any atom is 0.305 e. The van der Waals surface area contributed by atoms with Crippen LogP contribution in [0.4, 0.5) is 0 Å². The second-order valence-electron chi connectivity index (χ2n) is 15.7. The van der Waals surface area contributed by atoms with Gasteiger partial charge in [0.05, 0.1) is 18.8 Å². The van der Waals surface area contributed by atoms with Gasteiger partial charge in [0, 0.05) is 29.1 Å². The van der Waals surface area contributed by atoms with Crippen molar-refractivity contribution in [2.24, 2.45) is 11.8 Å². The van der Waals surface area contributed by atoms with Gasteiger partial charge in [-0.2, -0.15) is 0 Å². The average Bonchev–Trinajstić information content (AvgIpc) is 3.50. The highest BCUT2D eigenvalue weighted by atomic mass is 32.2. The Hall–Kier alpha value is -2.94. The van der Waals surface area contributed by atoms with E-state index in [1.165, 1.54) is 34.5 Å². The summed E-state index contributed by atoms with van der Waals surface area (Å²) in [5.74, 6) is 0.200. The van der Waals surface area contributed by atoms with Gasteiger partial charge in [-0.15, -0.1) is 11.8 Å². The van der Waals surface area contributed by atoms with E-state index in [9.17, 15) is 4.79 Å². The molecule has 0 radical (unpaired) electrons. The third kappa shape index (κ3) is 13.0. The summed E-state index contributed by atoms with van der Waals surface area (Å²) in [6.07, 6.45) is 17.4. The van der Waals surface area contributed by atoms with Crippen molar-refractivity contribution in [1.82, 2.24) is 0 Å². The number of allylic oxidation sites excluding steroid dienone is 3. The van der Waals surface area contributed by atoms with Crippen molar-refractivity contribution < 1.29 is 23.4 Å². The van der Waals surface area contributed by atoms with Gasteiger partial charge in [0.2, 0.25) is 0 Å². The predicted octanol–water partition coefficient (Wildman–Crippen LogP) is 11.3. The van der Waals surface area contributed by atoms with Gasteiger partial charge >= 0.3 is 5.97 Å². The third-order valence-corrected chi connectivity index (χ3v) is 17.1. The summed E-state index contributed by atoms with van der Waals surface area (Å²) in [7, 11) is -2.91. The molecule has 5 nitrogen and oxygen atoms in total. The SMILES string of the molecule is CCCCC/C=C/[C@@H](Sc1ccccc1)[C@H]1[C@@H](C/C=C\CCCC(=O)OCC)[C@@H](OC(C)OCC)C[C@@H]1O[Si](c1ccccc1)(c1ccccc1)C(C)(C)C. The molecule has 0 bridgehead atoms. The molecule has 0 spiro atoms. The lowest BCUT2D eigenvalue weighted by atomic mass is 9.87. The van der Waals surface area contributed by atoms with Crippen LogP contribution >= 0.6 is 11.8 Å². The fourth-order valence-corrected chi connectivity index (χ4v) is 14.3. The summed E-state index contributed by atoms with van der Waals surface area (Å²) in [6.45, 7) is 16.3. The van der Waals surface area contributed by atoms with Crippen LogP contribution in [0.1, 0.15) is 106 Å². The van der Waals surface area contributed by atoms with Crippen LogP contribution in [0, 0.1) is 11.8 Å². The van der Waals surface area contributed by atoms with Crippen LogP contribution in [-0.4, -0.2) is 51.2 Å². The number of hydrogen-bond donors (Lipinski definition) is 0. The molecule has 3 aromatic rings. The van der Waals surface area contributed by atoms with Crippen LogP contribution in [0.2, 0.25) is 5.04 Å². The van der Waals surface area contributed by atoms with E-state index in [1.807, 2.05) is 32.5 Å². The first-order chi connectivity index (χ1) is 26.6. The monoisotopic (exact) mass is 784 g/mol. The van der Waals surface area contributed by atoms with Gasteiger partial charge in [-0.25, -0.2) is 0 Å². The van der Waals surface area contributed by atoms with Crippen LogP contribution in [0.3, 0.4) is 0 Å². The molecule has 0 heterocycles. The van der Waals surface area contributed by atoms with Gasteiger partial charge in [-0.05, 0) is 92.8 Å². The van der Waals surface area contributed by atoms with E-state index in [0.717, 1.165) is 32.1 Å². The number of carbonyl (C=O) groups excluding carboxylic acids is 1. The minimum atomic E-state index is -2.91. The standard InChI is InChI=1S/C48H68O5SSi/c1-8-11-12-13-26-35-45(54-39-28-19-16-20-29-39)47-42(34-25-14-15-27-36-46(49)51-10-3)43(52-38(4)50-9-2)37-44(47)53-55(48(5,6)7,40-30-21-17-22-31-40)41-32-23-18-24-33-41/h14,16-26,28-33,35,38,42-45,47H,8-13,15,27,34,36-37H2,1-7H3/b25-14-,35-26+/t38?,42-,43-,44-,45+,47-/m0/s1. The molecular formula is C48H68O5SSi. The van der Waals surface area contributed by atoms with E-state index in [-0.39, 0.29) is 46.6 Å². The molecule has 1 aliphatic carbocycles. The molecule has 300 valence electrons. The van der Waals surface area contributed by atoms with Crippen LogP contribution in [0.5, 0.6) is 0 Å². The minimum absolute atomic E-state index is 0.0636. The van der Waals surface area contributed by atoms with Crippen molar-refractivity contribution >= 4 is 36.4 Å². The van der Waals surface area contributed by atoms with Crippen molar-refractivity contribution in [2.75, 3.05) is 13.2 Å². The van der Waals surface area contributed by atoms with E-state index >= 15 is 0 Å². The molecule has 0 amide bonds. The second kappa shape index (κ2) is 23.3. The molecule has 1 aliphatic rings. The zero-order valence-electron chi connectivity index (χ0n) is 34.7. The molecule has 1 fully saturated rings. The molecule has 55 heavy (non-hydrogen) atoms. The number of unbranched alkanes of at least 4 members (excludes halogenated alkanes) is 4. The zero-order valence-corrected chi connectivity index (χ0v) is 36.5. The lowest BCUT2D eigenvalue weighted by Gasteiger charge is -2.46. The number of carbonyl (C=O) groups is 1. The van der Waals surface area contributed by atoms with E-state index in [4.69, 9.17) is 18.6 Å². The van der Waals surface area contributed by atoms with Gasteiger partial charge in [-0.1, -0.05) is 144 Å². The van der Waals surface area contributed by atoms with Crippen LogP contribution in [0.25, 0.3) is 0 Å². The summed E-state index contributed by atoms with van der Waals surface area (Å²) < 4.78 is 26.2. The van der Waals surface area contributed by atoms with E-state index in [2.05, 4.69) is 143 Å². The topological polar surface area (TPSA) is 54.0 Å². The molecule has 1 unspecified atom stereocenters. The van der Waals surface area contributed by atoms with Gasteiger partial charge < -0.3 is 18.6 Å². The second-order valence-corrected chi connectivity index (χ2v) is 21.2. The molecule has 6 atom stereocenters. The molecule has 4 rings (SSSR count). The first-order valence-electron chi connectivity index (χ1n) is 20.9. The number of esters is 1. The number of thioether (sulfide) groups is 1. The summed E-state index contributed by atoms with van der Waals surface area (Å²) in [5, 5.41) is 2.58. The normalized spacial score (nSPS) is 20.3. The number of ether oxygens (including phenoxy) is 3. The van der Waals surface area contributed by atoms with Gasteiger partial charge in [0.1, 0.15) is 0 Å². The van der Waals surface area contributed by atoms with Crippen molar-refractivity contribution in [2.45, 2.75) is 140 Å². The molecule has 0 saturated heterocycles. The highest BCUT2D eigenvalue weighted by molar-refractivity contribution is 8.00. The molecule has 3 aromatic carbocycles. The lowest BCUT2D eigenvalue weighted by Crippen LogP contribution is -2.68. The van der Waals surface area contributed by atoms with E-state index in [0.29, 0.717) is 19.6 Å². The first-order valence-corrected chi connectivity index (χ1v) is 23.7. The summed E-state index contributed by atoms with van der Waals surface area (Å²) in [6, 6.07) is 32.9. The van der Waals surface area contributed by atoms with E-state index < -0.39 is 8.32 Å². The lowest BCUT2D eigenvalue weighted by molar-refractivity contribution is -0.166. The largest absolute Gasteiger partial charge is 0.466 e. The van der Waals surface area contributed by atoms with E-state index in [1.54, 1.807) is 0 Å². The fourth-order valence-electron chi connectivity index (χ4n) is 8.18. The smallest absolute Gasteiger partial charge is 0.305 e. The zero-order chi connectivity index (χ0) is 39.5. The molecule has 0 aliphatic heterocycles. The Kier molecular flexibility index (Phi) is 19.0. The van der Waals surface area contributed by atoms with Crippen LogP contribution in [0.15, 0.2) is 120 Å². The summed E-state index contributed by atoms with van der Waals surface area (Å²) >= 11 is 1.96. The number of benzene rings is 3. The number of hydrogen-bond acceptors (Lipinski definition) is 6. The Labute approximate surface area is 338 Å². The Balaban J connectivity index is 1.85. The van der Waals surface area contributed by atoms with Crippen LogP contribution < -0.4 is 10.4 Å². The highest BCUT2D eigenvalue weighted by Crippen LogP contribution is 2.49. The van der Waals surface area contributed by atoms with Gasteiger partial charge in [0.25, 0.3) is 8.32 Å². The average molecular weight is 785 g/mol. The Morgan fingerprint density at radius 3 is 2.00 bits per heavy atom. The quantitative estimate of drug-likeness (QED) is 0.0238. The van der Waals surface area contributed by atoms with Crippen molar-refractivity contribution in [3.05, 3.63) is 115 Å².